The second-order valence-electron chi connectivity index (χ2n) is 5.19. The smallest absolute Gasteiger partial charge is 0.149 e. The molecule has 2 aromatic rings. The Morgan fingerprint density at radius 3 is 2.48 bits per heavy atom. The number of hydrogen-bond donors (Lipinski definition) is 1. The SMILES string of the molecule is CCN(C)C=Nc1c(C)cc(F)cc1Nc1ccc(F)cc1F. The molecule has 2 rings (SSSR count). The summed E-state index contributed by atoms with van der Waals surface area (Å²) in [6.45, 7) is 4.45. The van der Waals surface area contributed by atoms with Gasteiger partial charge in [0.05, 0.1) is 23.4 Å². The fraction of sp³-hybridized carbons (Fsp3) is 0.235. The van der Waals surface area contributed by atoms with Gasteiger partial charge in [-0.15, -0.1) is 0 Å². The maximum Gasteiger partial charge on any atom is 0.149 e. The van der Waals surface area contributed by atoms with E-state index in [1.165, 1.54) is 18.2 Å². The van der Waals surface area contributed by atoms with Crippen LogP contribution in [0.4, 0.5) is 30.2 Å². The average molecular weight is 321 g/mol. The van der Waals surface area contributed by atoms with Crippen molar-refractivity contribution in [2.24, 2.45) is 4.99 Å². The minimum atomic E-state index is -0.757. The number of halogens is 3. The summed E-state index contributed by atoms with van der Waals surface area (Å²) in [5.41, 5.74) is 1.47. The Bertz CT molecular complexity index is 729. The second-order valence-corrected chi connectivity index (χ2v) is 5.19. The Morgan fingerprint density at radius 2 is 1.83 bits per heavy atom. The van der Waals surface area contributed by atoms with E-state index in [1.54, 1.807) is 13.3 Å². The average Bonchev–Trinajstić information content (AvgIpc) is 2.48. The highest BCUT2D eigenvalue weighted by molar-refractivity contribution is 5.78. The highest BCUT2D eigenvalue weighted by Gasteiger charge is 2.11. The molecule has 23 heavy (non-hydrogen) atoms. The van der Waals surface area contributed by atoms with E-state index in [9.17, 15) is 13.2 Å². The van der Waals surface area contributed by atoms with Gasteiger partial charge in [0.15, 0.2) is 0 Å². The van der Waals surface area contributed by atoms with E-state index in [0.717, 1.165) is 18.7 Å². The van der Waals surface area contributed by atoms with Crippen LogP contribution in [0.2, 0.25) is 0 Å². The number of nitrogens with zero attached hydrogens (tertiary/aromatic N) is 2. The largest absolute Gasteiger partial charge is 0.366 e. The number of benzene rings is 2. The van der Waals surface area contributed by atoms with Crippen LogP contribution in [-0.4, -0.2) is 24.8 Å². The summed E-state index contributed by atoms with van der Waals surface area (Å²) < 4.78 is 40.5. The molecular formula is C17H18F3N3. The summed E-state index contributed by atoms with van der Waals surface area (Å²) in [5, 5.41) is 2.78. The van der Waals surface area contributed by atoms with Gasteiger partial charge in [0.2, 0.25) is 0 Å². The quantitative estimate of drug-likeness (QED) is 0.635. The van der Waals surface area contributed by atoms with Gasteiger partial charge < -0.3 is 10.2 Å². The Kier molecular flexibility index (Phi) is 5.26. The van der Waals surface area contributed by atoms with Crippen LogP contribution in [0.15, 0.2) is 35.3 Å². The summed E-state index contributed by atoms with van der Waals surface area (Å²) in [6.07, 6.45) is 1.62. The van der Waals surface area contributed by atoms with Crippen LogP contribution in [0.1, 0.15) is 12.5 Å². The van der Waals surface area contributed by atoms with Crippen LogP contribution in [0.3, 0.4) is 0 Å². The van der Waals surface area contributed by atoms with Crippen LogP contribution < -0.4 is 5.32 Å². The summed E-state index contributed by atoms with van der Waals surface area (Å²) >= 11 is 0. The van der Waals surface area contributed by atoms with Gasteiger partial charge in [-0.25, -0.2) is 18.2 Å². The molecule has 0 radical (unpaired) electrons. The van der Waals surface area contributed by atoms with E-state index in [4.69, 9.17) is 0 Å². The Morgan fingerprint density at radius 1 is 1.09 bits per heavy atom. The molecule has 0 aromatic heterocycles. The van der Waals surface area contributed by atoms with Crippen LogP contribution in [-0.2, 0) is 0 Å². The van der Waals surface area contributed by atoms with Gasteiger partial charge in [-0.2, -0.15) is 0 Å². The van der Waals surface area contributed by atoms with Crippen molar-refractivity contribution >= 4 is 23.4 Å². The van der Waals surface area contributed by atoms with Crippen molar-refractivity contribution in [3.8, 4) is 0 Å². The number of aliphatic imine (C=N–C) groups is 1. The second kappa shape index (κ2) is 7.17. The summed E-state index contributed by atoms with van der Waals surface area (Å²) in [6, 6.07) is 5.74. The first kappa shape index (κ1) is 16.9. The minimum absolute atomic E-state index is 0.0525. The van der Waals surface area contributed by atoms with Crippen molar-refractivity contribution < 1.29 is 13.2 Å². The van der Waals surface area contributed by atoms with Gasteiger partial charge in [0.25, 0.3) is 0 Å². The zero-order chi connectivity index (χ0) is 17.0. The van der Waals surface area contributed by atoms with E-state index >= 15 is 0 Å². The highest BCUT2D eigenvalue weighted by atomic mass is 19.1. The molecular weight excluding hydrogens is 303 g/mol. The molecule has 0 heterocycles. The molecule has 0 atom stereocenters. The molecule has 3 nitrogen and oxygen atoms in total. The van der Waals surface area contributed by atoms with Crippen molar-refractivity contribution in [2.75, 3.05) is 18.9 Å². The molecule has 0 aliphatic heterocycles. The summed E-state index contributed by atoms with van der Waals surface area (Å²) in [7, 11) is 1.86. The monoisotopic (exact) mass is 321 g/mol. The van der Waals surface area contributed by atoms with Crippen molar-refractivity contribution in [1.29, 1.82) is 0 Å². The molecule has 0 saturated heterocycles. The van der Waals surface area contributed by atoms with Crippen LogP contribution >= 0.6 is 0 Å². The molecule has 122 valence electrons. The molecule has 0 aliphatic rings. The van der Waals surface area contributed by atoms with Gasteiger partial charge >= 0.3 is 0 Å². The van der Waals surface area contributed by atoms with Crippen molar-refractivity contribution in [2.45, 2.75) is 13.8 Å². The third-order valence-electron chi connectivity index (χ3n) is 3.35. The van der Waals surface area contributed by atoms with Crippen molar-refractivity contribution in [3.63, 3.8) is 0 Å². The highest BCUT2D eigenvalue weighted by Crippen LogP contribution is 2.33. The number of rotatable bonds is 5. The zero-order valence-corrected chi connectivity index (χ0v) is 13.2. The Labute approximate surface area is 133 Å². The number of hydrogen-bond acceptors (Lipinski definition) is 2. The van der Waals surface area contributed by atoms with Crippen LogP contribution in [0.25, 0.3) is 0 Å². The molecule has 0 unspecified atom stereocenters. The lowest BCUT2D eigenvalue weighted by atomic mass is 10.1. The minimum Gasteiger partial charge on any atom is -0.366 e. The number of aryl methyl sites for hydroxylation is 1. The van der Waals surface area contributed by atoms with E-state index in [2.05, 4.69) is 10.3 Å². The summed E-state index contributed by atoms with van der Waals surface area (Å²) in [4.78, 5) is 6.19. The topological polar surface area (TPSA) is 27.6 Å². The fourth-order valence-electron chi connectivity index (χ4n) is 1.98. The molecule has 6 heteroatoms. The predicted molar refractivity (Wildman–Crippen MR) is 87.2 cm³/mol. The molecule has 0 aliphatic carbocycles. The molecule has 0 spiro atoms. The summed E-state index contributed by atoms with van der Waals surface area (Å²) in [5.74, 6) is -1.89. The molecule has 0 bridgehead atoms. The van der Waals surface area contributed by atoms with Gasteiger partial charge in [0.1, 0.15) is 17.5 Å². The lowest BCUT2D eigenvalue weighted by Gasteiger charge is -2.14. The lowest BCUT2D eigenvalue weighted by molar-refractivity contribution is 0.552. The van der Waals surface area contributed by atoms with Crippen LogP contribution in [0.5, 0.6) is 0 Å². The van der Waals surface area contributed by atoms with Gasteiger partial charge in [-0.1, -0.05) is 0 Å². The van der Waals surface area contributed by atoms with Gasteiger partial charge in [-0.05, 0) is 43.7 Å². The Balaban J connectivity index is 2.42. The van der Waals surface area contributed by atoms with E-state index < -0.39 is 17.5 Å². The normalized spacial score (nSPS) is 11.0. The molecule has 2 aromatic carbocycles. The molecule has 1 N–H and O–H groups in total. The van der Waals surface area contributed by atoms with E-state index in [-0.39, 0.29) is 5.69 Å². The van der Waals surface area contributed by atoms with E-state index in [1.807, 2.05) is 18.9 Å². The number of nitrogens with one attached hydrogen (secondary N) is 1. The lowest BCUT2D eigenvalue weighted by Crippen LogP contribution is -2.14. The molecule has 0 fully saturated rings. The predicted octanol–water partition coefficient (Wildman–Crippen LogP) is 4.77. The molecule has 0 saturated carbocycles. The maximum absolute atomic E-state index is 13.8. The Hall–Kier alpha value is -2.50. The zero-order valence-electron chi connectivity index (χ0n) is 13.2. The molecule has 0 amide bonds. The van der Waals surface area contributed by atoms with Crippen molar-refractivity contribution in [3.05, 3.63) is 53.3 Å². The third-order valence-corrected chi connectivity index (χ3v) is 3.35. The van der Waals surface area contributed by atoms with Gasteiger partial charge in [0, 0.05) is 19.7 Å². The van der Waals surface area contributed by atoms with E-state index in [0.29, 0.717) is 16.9 Å². The standard InChI is InChI=1S/C17H18F3N3/c1-4-23(3)10-21-17-11(2)7-13(19)9-16(17)22-15-6-5-12(18)8-14(15)20/h5-10,22H,4H2,1-3H3. The first-order chi connectivity index (χ1) is 10.9. The number of anilines is 2. The first-order valence-corrected chi connectivity index (χ1v) is 7.17. The third kappa shape index (κ3) is 4.25. The fourth-order valence-corrected chi connectivity index (χ4v) is 1.98. The first-order valence-electron chi connectivity index (χ1n) is 7.17. The van der Waals surface area contributed by atoms with Crippen molar-refractivity contribution in [1.82, 2.24) is 4.90 Å². The van der Waals surface area contributed by atoms with Gasteiger partial charge in [-0.3, -0.25) is 0 Å². The van der Waals surface area contributed by atoms with Crippen LogP contribution in [0, 0.1) is 24.4 Å². The maximum atomic E-state index is 13.8.